The van der Waals surface area contributed by atoms with Crippen molar-refractivity contribution < 1.29 is 62.1 Å². The number of halogens is 1. The molecular formula is C61H74FN9O13. The van der Waals surface area contributed by atoms with Gasteiger partial charge in [-0.1, -0.05) is 64.4 Å². The molecule has 2 aromatic heterocycles. The summed E-state index contributed by atoms with van der Waals surface area (Å²) in [6.45, 7) is 7.61. The van der Waals surface area contributed by atoms with E-state index >= 15 is 4.39 Å². The van der Waals surface area contributed by atoms with Crippen molar-refractivity contribution in [3.05, 3.63) is 97.6 Å². The van der Waals surface area contributed by atoms with E-state index in [9.17, 15) is 53.1 Å². The molecule has 9 rings (SSSR count). The smallest absolute Gasteiger partial charge is 0.343 e. The SMILES string of the molecule is CCC(C)(CC)C1CC(=O)N(CCCCCC(=O)NCC(=O)NCC(=O)N[C@@H](Cc2ccccc2)C(=O)NCC(=O)NCOC2(C(=O)N[C@H]3CCc4c(C)c(F)cc5nc6c(c3c45)Cn3c-6cc4c(c3=O)COC(=O)[C@]4(O)CC)CCC2)C1=O. The third-order valence-electron chi connectivity index (χ3n) is 18.1. The van der Waals surface area contributed by atoms with Gasteiger partial charge in [0.2, 0.25) is 41.4 Å². The quantitative estimate of drug-likeness (QED) is 0.0191. The first kappa shape index (κ1) is 60.7. The molecule has 22 nitrogen and oxygen atoms in total. The lowest BCUT2D eigenvalue weighted by Crippen LogP contribution is -2.56. The molecule has 1 saturated heterocycles. The van der Waals surface area contributed by atoms with Crippen LogP contribution in [0.2, 0.25) is 0 Å². The topological polar surface area (TPSA) is 303 Å². The fourth-order valence-electron chi connectivity index (χ4n) is 12.3. The van der Waals surface area contributed by atoms with Crippen molar-refractivity contribution >= 4 is 64.1 Å². The molecule has 0 spiro atoms. The maximum absolute atomic E-state index is 15.5. The average molecular weight is 1160 g/mol. The van der Waals surface area contributed by atoms with Crippen molar-refractivity contribution in [3.63, 3.8) is 0 Å². The molecule has 1 saturated carbocycles. The maximum atomic E-state index is 15.5. The van der Waals surface area contributed by atoms with Gasteiger partial charge in [-0.05, 0) is 105 Å². The number of carbonyl (C=O) groups excluding carboxylic acids is 9. The molecule has 4 atom stereocenters. The summed E-state index contributed by atoms with van der Waals surface area (Å²) in [6.07, 6.45) is 5.64. The highest BCUT2D eigenvalue weighted by Crippen LogP contribution is 2.47. The normalized spacial score (nSPS) is 19.5. The molecule has 7 N–H and O–H groups in total. The molecule has 0 radical (unpaired) electrons. The Morgan fingerprint density at radius 3 is 2.29 bits per heavy atom. The number of amides is 8. The average Bonchev–Trinajstić information content (AvgIpc) is 1.56. The van der Waals surface area contributed by atoms with Gasteiger partial charge in [-0.2, -0.15) is 0 Å². The minimum absolute atomic E-state index is 0.0399. The van der Waals surface area contributed by atoms with Crippen LogP contribution in [0.25, 0.3) is 22.3 Å². The minimum Gasteiger partial charge on any atom is -0.458 e. The highest BCUT2D eigenvalue weighted by Gasteiger charge is 2.49. The second-order valence-corrected chi connectivity index (χ2v) is 23.0. The van der Waals surface area contributed by atoms with E-state index in [2.05, 4.69) is 31.9 Å². The van der Waals surface area contributed by atoms with Crippen LogP contribution in [0.3, 0.4) is 0 Å². The Labute approximate surface area is 485 Å². The van der Waals surface area contributed by atoms with Crippen LogP contribution in [0, 0.1) is 24.1 Å². The lowest BCUT2D eigenvalue weighted by molar-refractivity contribution is -0.172. The number of aromatic nitrogens is 2. The summed E-state index contributed by atoms with van der Waals surface area (Å²) in [6, 6.07) is 9.94. The molecule has 3 aliphatic heterocycles. The Kier molecular flexibility index (Phi) is 18.1. The van der Waals surface area contributed by atoms with Crippen molar-refractivity contribution in [2.45, 2.75) is 161 Å². The van der Waals surface area contributed by atoms with E-state index in [-0.39, 0.29) is 79.0 Å². The molecule has 1 unspecified atom stereocenters. The number of fused-ring (bicyclic) bond motifs is 5. The zero-order chi connectivity index (χ0) is 60.3. The summed E-state index contributed by atoms with van der Waals surface area (Å²) < 4.78 is 28.4. The van der Waals surface area contributed by atoms with Crippen molar-refractivity contribution in [1.29, 1.82) is 0 Å². The number of aliphatic hydroxyl groups is 1. The highest BCUT2D eigenvalue weighted by atomic mass is 19.1. The van der Waals surface area contributed by atoms with Crippen LogP contribution in [-0.2, 0) is 84.2 Å². The van der Waals surface area contributed by atoms with Gasteiger partial charge in [0, 0.05) is 48.4 Å². The van der Waals surface area contributed by atoms with Gasteiger partial charge in [-0.25, -0.2) is 14.2 Å². The Morgan fingerprint density at radius 2 is 1.58 bits per heavy atom. The van der Waals surface area contributed by atoms with Crippen LogP contribution in [0.15, 0.2) is 47.3 Å². The van der Waals surface area contributed by atoms with Crippen molar-refractivity contribution in [2.75, 3.05) is 32.9 Å². The summed E-state index contributed by atoms with van der Waals surface area (Å²) in [4.78, 5) is 138. The number of cyclic esters (lactones) is 1. The second kappa shape index (κ2) is 25.1. The number of imide groups is 1. The van der Waals surface area contributed by atoms with Gasteiger partial charge < -0.3 is 51.0 Å². The van der Waals surface area contributed by atoms with Crippen LogP contribution in [0.5, 0.6) is 0 Å². The lowest BCUT2D eigenvalue weighted by atomic mass is 9.72. The number of carbonyl (C=O) groups is 9. The molecule has 5 aliphatic rings. The van der Waals surface area contributed by atoms with Crippen LogP contribution >= 0.6 is 0 Å². The van der Waals surface area contributed by atoms with E-state index in [0.717, 1.165) is 18.4 Å². The third kappa shape index (κ3) is 12.1. The van der Waals surface area contributed by atoms with Gasteiger partial charge in [-0.15, -0.1) is 0 Å². The van der Waals surface area contributed by atoms with Crippen molar-refractivity contribution in [3.8, 4) is 11.4 Å². The fourth-order valence-corrected chi connectivity index (χ4v) is 12.3. The third-order valence-corrected chi connectivity index (χ3v) is 18.1. The summed E-state index contributed by atoms with van der Waals surface area (Å²) in [5, 5.41) is 28.0. The number of unbranched alkanes of at least 4 members (excludes halogenated alkanes) is 2. The van der Waals surface area contributed by atoms with Crippen molar-refractivity contribution in [2.24, 2.45) is 11.3 Å². The molecule has 2 aliphatic carbocycles. The van der Waals surface area contributed by atoms with Crippen LogP contribution < -0.4 is 37.5 Å². The molecule has 2 aromatic carbocycles. The number of nitrogens with zero attached hydrogens (tertiary/aromatic N) is 3. The summed E-state index contributed by atoms with van der Waals surface area (Å²) in [5.74, 6) is -5.46. The number of rotatable bonds is 25. The molecule has 23 heteroatoms. The number of ether oxygens (including phenoxy) is 2. The molecular weight excluding hydrogens is 1090 g/mol. The first-order chi connectivity index (χ1) is 40.1. The molecule has 84 heavy (non-hydrogen) atoms. The van der Waals surface area contributed by atoms with E-state index in [1.165, 1.54) is 15.5 Å². The largest absolute Gasteiger partial charge is 0.458 e. The van der Waals surface area contributed by atoms with E-state index in [4.69, 9.17) is 14.5 Å². The number of aryl methyl sites for hydroxylation is 1. The molecule has 8 amide bonds. The Morgan fingerprint density at radius 1 is 0.881 bits per heavy atom. The zero-order valence-corrected chi connectivity index (χ0v) is 48.2. The number of hydrogen-bond donors (Lipinski definition) is 7. The predicted octanol–water partition coefficient (Wildman–Crippen LogP) is 3.48. The molecule has 2 fully saturated rings. The summed E-state index contributed by atoms with van der Waals surface area (Å²) in [7, 11) is 0. The van der Waals surface area contributed by atoms with Gasteiger partial charge >= 0.3 is 5.97 Å². The van der Waals surface area contributed by atoms with E-state index in [0.29, 0.717) is 102 Å². The number of hydrogen-bond acceptors (Lipinski definition) is 14. The van der Waals surface area contributed by atoms with E-state index in [1.54, 1.807) is 50.2 Å². The number of benzene rings is 2. The first-order valence-electron chi connectivity index (χ1n) is 29.2. The monoisotopic (exact) mass is 1160 g/mol. The van der Waals surface area contributed by atoms with Crippen LogP contribution in [0.1, 0.15) is 150 Å². The standard InChI is InChI=1S/C61H74FN9O13/c1-6-59(5,7-2)40-26-50(76)70(56(40)79)23-14-10-13-18-46(72)63-28-47(73)64-30-49(75)67-44(24-35-16-11-9-12-17-35)54(77)65-29-48(74)66-33-84-60(21-15-22-60)57(80)69-42-20-19-36-34(4)41(62)27-43-51(36)52(42)37-31-71-45(53(37)68-43)25-39-38(55(71)78)32-83-58(81)61(39,82)8-3/h9,11-12,16-17,25,27,40,42,44,82H,6-8,10,13-15,18-24,26,28-33H2,1-5H3,(H,63,72)(H,64,73)(H,65,77)(H,66,74)(H,67,75)(H,69,80)/t40?,42-,44-,61-/m0/s1. The van der Waals surface area contributed by atoms with Gasteiger partial charge in [0.15, 0.2) is 5.60 Å². The van der Waals surface area contributed by atoms with Gasteiger partial charge in [0.05, 0.1) is 60.6 Å². The van der Waals surface area contributed by atoms with Gasteiger partial charge in [-0.3, -0.25) is 48.1 Å². The maximum Gasteiger partial charge on any atom is 0.343 e. The summed E-state index contributed by atoms with van der Waals surface area (Å²) in [5.41, 5.74) is 0.406. The fraction of sp³-hybridized carbons (Fsp3) is 0.525. The highest BCUT2D eigenvalue weighted by molar-refractivity contribution is 6.04. The number of nitrogens with one attached hydrogen (secondary N) is 6. The Balaban J connectivity index is 0.751. The molecule has 448 valence electrons. The molecule has 5 heterocycles. The minimum atomic E-state index is -2.06. The lowest BCUT2D eigenvalue weighted by Gasteiger charge is -2.41. The van der Waals surface area contributed by atoms with Crippen LogP contribution in [0.4, 0.5) is 4.39 Å². The van der Waals surface area contributed by atoms with Crippen LogP contribution in [-0.4, -0.2) is 117 Å². The van der Waals surface area contributed by atoms with E-state index < -0.39 is 96.5 Å². The van der Waals surface area contributed by atoms with Gasteiger partial charge in [0.25, 0.3) is 11.5 Å². The Bertz CT molecular complexity index is 3380. The predicted molar refractivity (Wildman–Crippen MR) is 302 cm³/mol. The zero-order valence-electron chi connectivity index (χ0n) is 48.2. The number of likely N-dealkylation sites (tertiary alicyclic amines) is 1. The first-order valence-corrected chi connectivity index (χ1v) is 29.2. The van der Waals surface area contributed by atoms with E-state index in [1.807, 2.05) is 20.8 Å². The Hall–Kier alpha value is -7.92. The second-order valence-electron chi connectivity index (χ2n) is 23.0. The van der Waals surface area contributed by atoms with Gasteiger partial charge in [0.1, 0.15) is 30.8 Å². The molecule has 4 aromatic rings. The summed E-state index contributed by atoms with van der Waals surface area (Å²) >= 11 is 0. The number of pyridine rings is 2. The molecule has 0 bridgehead atoms. The number of esters is 1. The van der Waals surface area contributed by atoms with Crippen molar-refractivity contribution in [1.82, 2.24) is 46.4 Å².